The molecule has 0 fully saturated rings. The molecule has 4 heteroatoms. The van der Waals surface area contributed by atoms with Gasteiger partial charge < -0.3 is 1.43 Å². The quantitative estimate of drug-likeness (QED) is 0.323. The van der Waals surface area contributed by atoms with Crippen molar-refractivity contribution in [1.82, 2.24) is 0 Å². The molecule has 2 nitrogen and oxygen atoms in total. The van der Waals surface area contributed by atoms with Crippen molar-refractivity contribution in [2.24, 2.45) is 0 Å². The van der Waals surface area contributed by atoms with E-state index in [1.54, 1.807) is 0 Å². The second kappa shape index (κ2) is 8.92. The van der Waals surface area contributed by atoms with Crippen molar-refractivity contribution >= 4 is 14.8 Å². The van der Waals surface area contributed by atoms with Gasteiger partial charge in [0.2, 0.25) is 0 Å². The summed E-state index contributed by atoms with van der Waals surface area (Å²) in [6.07, 6.45) is 0. The number of hydrogen-bond donors (Lipinski definition) is 0. The Bertz CT molecular complexity index is 30.6. The van der Waals surface area contributed by atoms with Crippen molar-refractivity contribution in [1.29, 1.82) is 0 Å². The molecular formula is HNaO2Se. The Kier molecular flexibility index (Phi) is 19.9. The molecule has 0 bridgehead atoms. The van der Waals surface area contributed by atoms with Gasteiger partial charge in [-0.15, -0.1) is 0 Å². The SMILES string of the molecule is O=[Se]=O.[H-].[Na+]. The van der Waals surface area contributed by atoms with Gasteiger partial charge in [-0.3, -0.25) is 0 Å². The topological polar surface area (TPSA) is 34.1 Å². The van der Waals surface area contributed by atoms with E-state index in [1.807, 2.05) is 0 Å². The summed E-state index contributed by atoms with van der Waals surface area (Å²) in [6.45, 7) is 0. The van der Waals surface area contributed by atoms with E-state index in [9.17, 15) is 0 Å². The van der Waals surface area contributed by atoms with E-state index in [2.05, 4.69) is 0 Å². The van der Waals surface area contributed by atoms with E-state index < -0.39 is 14.8 Å². The van der Waals surface area contributed by atoms with Crippen LogP contribution in [-0.2, 0) is 7.67 Å². The monoisotopic (exact) mass is 136 g/mol. The van der Waals surface area contributed by atoms with Gasteiger partial charge in [-0.1, -0.05) is 0 Å². The van der Waals surface area contributed by atoms with Crippen LogP contribution < -0.4 is 29.6 Å². The number of rotatable bonds is 0. The first-order chi connectivity index (χ1) is 1.41. The molecular weight excluding hydrogens is 134 g/mol. The van der Waals surface area contributed by atoms with E-state index in [-0.39, 0.29) is 31.0 Å². The average molecular weight is 135 g/mol. The van der Waals surface area contributed by atoms with Crippen LogP contribution in [0.3, 0.4) is 0 Å². The van der Waals surface area contributed by atoms with Crippen LogP contribution in [0, 0.1) is 0 Å². The van der Waals surface area contributed by atoms with Gasteiger partial charge in [-0.25, -0.2) is 0 Å². The van der Waals surface area contributed by atoms with Gasteiger partial charge in [-0.05, 0) is 0 Å². The smallest absolute Gasteiger partial charge is 1.00 e. The summed E-state index contributed by atoms with van der Waals surface area (Å²) in [5.41, 5.74) is 0. The molecule has 4 heavy (non-hydrogen) atoms. The summed E-state index contributed by atoms with van der Waals surface area (Å²) in [6, 6.07) is 0. The van der Waals surface area contributed by atoms with Gasteiger partial charge in [0, 0.05) is 0 Å². The third kappa shape index (κ3) is 11.2. The molecule has 0 saturated heterocycles. The maximum Gasteiger partial charge on any atom is 1.00 e. The molecule has 0 aromatic heterocycles. The van der Waals surface area contributed by atoms with E-state index in [0.29, 0.717) is 0 Å². The van der Waals surface area contributed by atoms with Gasteiger partial charge in [0.1, 0.15) is 0 Å². The average Bonchev–Trinajstić information content (AvgIpc) is 0.918. The molecule has 0 aliphatic carbocycles. The molecule has 0 aromatic rings. The standard InChI is InChI=1S/Na.O2Se.H/c;1-3-2;/q+1;;-1. The minimum atomic E-state index is -1.62. The molecule has 0 rings (SSSR count). The zero-order valence-corrected chi connectivity index (χ0v) is 5.94. The molecule has 0 aliphatic heterocycles. The summed E-state index contributed by atoms with van der Waals surface area (Å²) in [7, 11) is 0. The number of hydrogen-bond acceptors (Lipinski definition) is 2. The van der Waals surface area contributed by atoms with Crippen molar-refractivity contribution in [3.05, 3.63) is 0 Å². The summed E-state index contributed by atoms with van der Waals surface area (Å²) in [5.74, 6) is 0. The minimum absolute atomic E-state index is 0. The Labute approximate surface area is 53.3 Å². The predicted molar refractivity (Wildman–Crippen MR) is 8.24 cm³/mol. The zero-order chi connectivity index (χ0) is 2.71. The largest absolute Gasteiger partial charge is 1.00 e. The summed E-state index contributed by atoms with van der Waals surface area (Å²) >= 11 is -1.62. The van der Waals surface area contributed by atoms with Crippen LogP contribution in [-0.4, -0.2) is 14.8 Å². The molecule has 20 valence electrons. The fourth-order valence-electron chi connectivity index (χ4n) is 0. The van der Waals surface area contributed by atoms with Crippen molar-refractivity contribution in [3.8, 4) is 0 Å². The zero-order valence-electron chi connectivity index (χ0n) is 3.22. The van der Waals surface area contributed by atoms with Crippen LogP contribution in [0.1, 0.15) is 1.43 Å². The molecule has 0 radical (unpaired) electrons. The fourth-order valence-corrected chi connectivity index (χ4v) is 0. The maximum absolute atomic E-state index is 8.44. The molecule has 0 unspecified atom stereocenters. The second-order valence-electron chi connectivity index (χ2n) is 0.0680. The van der Waals surface area contributed by atoms with Crippen molar-refractivity contribution in [2.75, 3.05) is 0 Å². The first-order valence-corrected chi connectivity index (χ1v) is 1.73. The summed E-state index contributed by atoms with van der Waals surface area (Å²) < 4.78 is 16.9. The predicted octanol–water partition coefficient (Wildman–Crippen LogP) is -3.50. The van der Waals surface area contributed by atoms with E-state index >= 15 is 0 Å². The third-order valence-electron chi connectivity index (χ3n) is 0. The Hall–Kier alpha value is 1.12. The molecule has 0 N–H and O–H groups in total. The maximum atomic E-state index is 8.44. The molecule has 0 amide bonds. The van der Waals surface area contributed by atoms with Crippen LogP contribution in [0.5, 0.6) is 0 Å². The summed E-state index contributed by atoms with van der Waals surface area (Å²) in [5, 5.41) is 0. The molecule has 0 heterocycles. The summed E-state index contributed by atoms with van der Waals surface area (Å²) in [4.78, 5) is 0. The van der Waals surface area contributed by atoms with Crippen molar-refractivity contribution in [2.45, 2.75) is 0 Å². The molecule has 0 atom stereocenters. The minimum Gasteiger partial charge on any atom is -1.00 e. The van der Waals surface area contributed by atoms with E-state index in [1.165, 1.54) is 0 Å². The van der Waals surface area contributed by atoms with Crippen molar-refractivity contribution < 1.29 is 38.7 Å². The Balaban J connectivity index is -0.0000000200. The van der Waals surface area contributed by atoms with E-state index in [4.69, 9.17) is 7.67 Å². The van der Waals surface area contributed by atoms with Crippen LogP contribution in [0.4, 0.5) is 0 Å². The third-order valence-corrected chi connectivity index (χ3v) is 0. The molecule has 0 spiro atoms. The van der Waals surface area contributed by atoms with Gasteiger partial charge in [0.05, 0.1) is 0 Å². The van der Waals surface area contributed by atoms with Crippen LogP contribution in [0.25, 0.3) is 0 Å². The van der Waals surface area contributed by atoms with Gasteiger partial charge in [-0.2, -0.15) is 0 Å². The first kappa shape index (κ1) is 8.93. The first-order valence-electron chi connectivity index (χ1n) is 0.333. The normalized spacial score (nSPS) is 3.00. The molecule has 0 saturated carbocycles. The van der Waals surface area contributed by atoms with Crippen molar-refractivity contribution in [3.63, 3.8) is 0 Å². The van der Waals surface area contributed by atoms with Crippen LogP contribution in [0.15, 0.2) is 0 Å². The second-order valence-corrected chi connectivity index (χ2v) is 0.354. The molecule has 0 aliphatic rings. The Morgan fingerprint density at radius 2 is 1.50 bits per heavy atom. The van der Waals surface area contributed by atoms with Gasteiger partial charge in [0.25, 0.3) is 0 Å². The van der Waals surface area contributed by atoms with E-state index in [0.717, 1.165) is 0 Å². The van der Waals surface area contributed by atoms with Crippen LogP contribution in [0.2, 0.25) is 0 Å². The fraction of sp³-hybridized carbons (Fsp3) is 0. The Morgan fingerprint density at radius 1 is 1.50 bits per heavy atom. The Morgan fingerprint density at radius 3 is 1.50 bits per heavy atom. The van der Waals surface area contributed by atoms with Gasteiger partial charge >= 0.3 is 52.0 Å². The van der Waals surface area contributed by atoms with Gasteiger partial charge in [0.15, 0.2) is 0 Å². The molecule has 0 aromatic carbocycles. The van der Waals surface area contributed by atoms with Crippen LogP contribution >= 0.6 is 0 Å².